The SMILES string of the molecule is CCCC(OC)c1noc(C(CN)CC(C)(C)C)n1. The average molecular weight is 269 g/mol. The Morgan fingerprint density at radius 3 is 2.53 bits per heavy atom. The normalized spacial score (nSPS) is 15.5. The van der Waals surface area contributed by atoms with Crippen molar-refractivity contribution in [1.82, 2.24) is 10.1 Å². The van der Waals surface area contributed by atoms with E-state index in [1.165, 1.54) is 0 Å². The summed E-state index contributed by atoms with van der Waals surface area (Å²) >= 11 is 0. The van der Waals surface area contributed by atoms with Gasteiger partial charge in [0.25, 0.3) is 0 Å². The third kappa shape index (κ3) is 4.91. The summed E-state index contributed by atoms with van der Waals surface area (Å²) in [4.78, 5) is 4.47. The van der Waals surface area contributed by atoms with Gasteiger partial charge in [0, 0.05) is 13.7 Å². The lowest BCUT2D eigenvalue weighted by molar-refractivity contribution is 0.0854. The molecular formula is C14H27N3O2. The van der Waals surface area contributed by atoms with Gasteiger partial charge in [0.2, 0.25) is 11.7 Å². The second kappa shape index (κ2) is 7.01. The molecule has 0 amide bonds. The molecule has 0 radical (unpaired) electrons. The van der Waals surface area contributed by atoms with Gasteiger partial charge in [-0.2, -0.15) is 4.98 Å². The van der Waals surface area contributed by atoms with E-state index in [1.807, 2.05) is 0 Å². The van der Waals surface area contributed by atoms with Crippen molar-refractivity contribution in [2.75, 3.05) is 13.7 Å². The van der Waals surface area contributed by atoms with Crippen LogP contribution < -0.4 is 5.73 Å². The van der Waals surface area contributed by atoms with Gasteiger partial charge in [-0.1, -0.05) is 39.3 Å². The van der Waals surface area contributed by atoms with Crippen LogP contribution in [0.2, 0.25) is 0 Å². The van der Waals surface area contributed by atoms with Gasteiger partial charge in [-0.3, -0.25) is 0 Å². The standard InChI is InChI=1S/C14H27N3O2/c1-6-7-11(18-5)12-16-13(19-17-12)10(9-15)8-14(2,3)4/h10-11H,6-9,15H2,1-5H3. The first-order valence-corrected chi connectivity index (χ1v) is 6.97. The summed E-state index contributed by atoms with van der Waals surface area (Å²) < 4.78 is 10.8. The van der Waals surface area contributed by atoms with Crippen LogP contribution in [0.15, 0.2) is 4.52 Å². The Morgan fingerprint density at radius 1 is 1.37 bits per heavy atom. The summed E-state index contributed by atoms with van der Waals surface area (Å²) in [6, 6.07) is 0. The van der Waals surface area contributed by atoms with Gasteiger partial charge in [-0.05, 0) is 18.3 Å². The minimum Gasteiger partial charge on any atom is -0.373 e. The molecule has 1 heterocycles. The molecule has 0 spiro atoms. The smallest absolute Gasteiger partial charge is 0.231 e. The van der Waals surface area contributed by atoms with E-state index in [4.69, 9.17) is 15.0 Å². The molecule has 1 aromatic heterocycles. The summed E-state index contributed by atoms with van der Waals surface area (Å²) in [6.07, 6.45) is 2.75. The maximum atomic E-state index is 5.83. The van der Waals surface area contributed by atoms with Gasteiger partial charge in [0.05, 0.1) is 5.92 Å². The lowest BCUT2D eigenvalue weighted by Gasteiger charge is -2.22. The van der Waals surface area contributed by atoms with Crippen LogP contribution in [0.5, 0.6) is 0 Å². The van der Waals surface area contributed by atoms with Gasteiger partial charge in [0.1, 0.15) is 6.10 Å². The zero-order valence-electron chi connectivity index (χ0n) is 12.8. The third-order valence-electron chi connectivity index (χ3n) is 3.07. The predicted molar refractivity (Wildman–Crippen MR) is 74.8 cm³/mol. The molecule has 5 heteroatoms. The average Bonchev–Trinajstić information content (AvgIpc) is 2.81. The number of nitrogens with zero attached hydrogens (tertiary/aromatic N) is 2. The Morgan fingerprint density at radius 2 is 2.05 bits per heavy atom. The van der Waals surface area contributed by atoms with Crippen LogP contribution in [0.1, 0.15) is 70.7 Å². The number of hydrogen-bond donors (Lipinski definition) is 1. The number of methoxy groups -OCH3 is 1. The van der Waals surface area contributed by atoms with Crippen molar-refractivity contribution in [3.05, 3.63) is 11.7 Å². The van der Waals surface area contributed by atoms with Crippen molar-refractivity contribution in [3.63, 3.8) is 0 Å². The second-order valence-corrected chi connectivity index (χ2v) is 6.20. The lowest BCUT2D eigenvalue weighted by atomic mass is 9.84. The van der Waals surface area contributed by atoms with Gasteiger partial charge < -0.3 is 15.0 Å². The fourth-order valence-corrected chi connectivity index (χ4v) is 2.17. The maximum Gasteiger partial charge on any atom is 0.231 e. The molecule has 2 N–H and O–H groups in total. The molecule has 2 atom stereocenters. The minimum atomic E-state index is -0.0874. The Kier molecular flexibility index (Phi) is 5.94. The number of rotatable bonds is 7. The highest BCUT2D eigenvalue weighted by Gasteiger charge is 2.25. The monoisotopic (exact) mass is 269 g/mol. The molecule has 0 aliphatic carbocycles. The van der Waals surface area contributed by atoms with E-state index in [0.29, 0.717) is 18.3 Å². The molecule has 0 aliphatic rings. The van der Waals surface area contributed by atoms with Gasteiger partial charge in [-0.25, -0.2) is 0 Å². The quantitative estimate of drug-likeness (QED) is 0.823. The van der Waals surface area contributed by atoms with E-state index in [2.05, 4.69) is 37.8 Å². The molecular weight excluding hydrogens is 242 g/mol. The molecule has 0 bridgehead atoms. The highest BCUT2D eigenvalue weighted by Crippen LogP contribution is 2.30. The van der Waals surface area contributed by atoms with Crippen molar-refractivity contribution >= 4 is 0 Å². The molecule has 0 aliphatic heterocycles. The van der Waals surface area contributed by atoms with Gasteiger partial charge >= 0.3 is 0 Å². The van der Waals surface area contributed by atoms with Crippen LogP contribution >= 0.6 is 0 Å². The van der Waals surface area contributed by atoms with E-state index in [-0.39, 0.29) is 17.4 Å². The minimum absolute atomic E-state index is 0.0874. The van der Waals surface area contributed by atoms with Crippen LogP contribution in [-0.2, 0) is 4.74 Å². The van der Waals surface area contributed by atoms with Crippen LogP contribution in [-0.4, -0.2) is 23.8 Å². The molecule has 2 unspecified atom stereocenters. The first-order valence-electron chi connectivity index (χ1n) is 6.97. The molecule has 5 nitrogen and oxygen atoms in total. The fraction of sp³-hybridized carbons (Fsp3) is 0.857. The molecule has 0 saturated heterocycles. The fourth-order valence-electron chi connectivity index (χ4n) is 2.17. The highest BCUT2D eigenvalue weighted by atomic mass is 16.5. The predicted octanol–water partition coefficient (Wildman–Crippen LogP) is 3.04. The zero-order chi connectivity index (χ0) is 14.5. The largest absolute Gasteiger partial charge is 0.373 e. The topological polar surface area (TPSA) is 74.2 Å². The Balaban J connectivity index is 2.81. The van der Waals surface area contributed by atoms with Crippen LogP contribution in [0, 0.1) is 5.41 Å². The molecule has 1 rings (SSSR count). The number of hydrogen-bond acceptors (Lipinski definition) is 5. The molecule has 1 aromatic rings. The second-order valence-electron chi connectivity index (χ2n) is 6.20. The molecule has 19 heavy (non-hydrogen) atoms. The van der Waals surface area contributed by atoms with Crippen molar-refractivity contribution in [2.24, 2.45) is 11.1 Å². The summed E-state index contributed by atoms with van der Waals surface area (Å²) in [5.41, 5.74) is 6.01. The van der Waals surface area contributed by atoms with Crippen molar-refractivity contribution in [1.29, 1.82) is 0 Å². The number of ether oxygens (including phenoxy) is 1. The zero-order valence-corrected chi connectivity index (χ0v) is 12.8. The summed E-state index contributed by atoms with van der Waals surface area (Å²) in [6.45, 7) is 9.17. The lowest BCUT2D eigenvalue weighted by Crippen LogP contribution is -2.19. The van der Waals surface area contributed by atoms with Crippen molar-refractivity contribution in [3.8, 4) is 0 Å². The molecule has 0 saturated carbocycles. The van der Waals surface area contributed by atoms with E-state index >= 15 is 0 Å². The van der Waals surface area contributed by atoms with E-state index in [9.17, 15) is 0 Å². The number of nitrogens with two attached hydrogens (primary N) is 1. The summed E-state index contributed by atoms with van der Waals surface area (Å²) in [5, 5.41) is 4.04. The van der Waals surface area contributed by atoms with Crippen LogP contribution in [0.3, 0.4) is 0 Å². The molecule has 110 valence electrons. The van der Waals surface area contributed by atoms with Crippen LogP contribution in [0.25, 0.3) is 0 Å². The van der Waals surface area contributed by atoms with Crippen molar-refractivity contribution < 1.29 is 9.26 Å². The van der Waals surface area contributed by atoms with E-state index in [1.54, 1.807) is 7.11 Å². The van der Waals surface area contributed by atoms with Gasteiger partial charge in [0.15, 0.2) is 0 Å². The maximum absolute atomic E-state index is 5.83. The Labute approximate surface area is 115 Å². The molecule has 0 fully saturated rings. The van der Waals surface area contributed by atoms with Crippen LogP contribution in [0.4, 0.5) is 0 Å². The first kappa shape index (κ1) is 16.1. The van der Waals surface area contributed by atoms with E-state index < -0.39 is 0 Å². The van der Waals surface area contributed by atoms with Crippen molar-refractivity contribution in [2.45, 2.75) is 59.0 Å². The summed E-state index contributed by atoms with van der Waals surface area (Å²) in [5.74, 6) is 1.37. The van der Waals surface area contributed by atoms with Gasteiger partial charge in [-0.15, -0.1) is 0 Å². The Hall–Kier alpha value is -0.940. The number of aromatic nitrogens is 2. The highest BCUT2D eigenvalue weighted by molar-refractivity contribution is 4.98. The third-order valence-corrected chi connectivity index (χ3v) is 3.07. The molecule has 0 aromatic carbocycles. The van der Waals surface area contributed by atoms with E-state index in [0.717, 1.165) is 19.3 Å². The Bertz CT molecular complexity index is 371. The first-order chi connectivity index (χ1) is 8.91. The summed E-state index contributed by atoms with van der Waals surface area (Å²) in [7, 11) is 1.67.